The van der Waals surface area contributed by atoms with Crippen LogP contribution in [-0.2, 0) is 0 Å². The highest BCUT2D eigenvalue weighted by Crippen LogP contribution is 2.26. The number of aliphatic hydroxyl groups excluding tert-OH is 1. The zero-order valence-corrected chi connectivity index (χ0v) is 15.2. The third-order valence-corrected chi connectivity index (χ3v) is 5.00. The SMILES string of the molecule is OCC1CCCN1c1nc(Nc2cn(-c3cccnc3)cn2)c2cccn2n1. The molecule has 5 rings (SSSR count). The Hall–Kier alpha value is -3.46. The molecule has 0 aliphatic carbocycles. The van der Waals surface area contributed by atoms with Crippen LogP contribution in [0.2, 0.25) is 0 Å². The van der Waals surface area contributed by atoms with Crippen molar-refractivity contribution in [1.82, 2.24) is 29.1 Å². The van der Waals surface area contributed by atoms with Crippen LogP contribution >= 0.6 is 0 Å². The summed E-state index contributed by atoms with van der Waals surface area (Å²) in [7, 11) is 0. The molecule has 28 heavy (non-hydrogen) atoms. The van der Waals surface area contributed by atoms with Gasteiger partial charge in [-0.25, -0.2) is 9.50 Å². The van der Waals surface area contributed by atoms with Crippen molar-refractivity contribution in [3.8, 4) is 5.69 Å². The summed E-state index contributed by atoms with van der Waals surface area (Å²) < 4.78 is 3.70. The molecule has 1 aliphatic rings. The molecule has 1 saturated heterocycles. The summed E-state index contributed by atoms with van der Waals surface area (Å²) in [4.78, 5) is 15.4. The van der Waals surface area contributed by atoms with Gasteiger partial charge in [0.05, 0.1) is 30.7 Å². The maximum absolute atomic E-state index is 9.65. The van der Waals surface area contributed by atoms with E-state index in [0.29, 0.717) is 17.6 Å². The topological polar surface area (TPSA) is 96.4 Å². The summed E-state index contributed by atoms with van der Waals surface area (Å²) in [6.45, 7) is 0.943. The van der Waals surface area contributed by atoms with Crippen LogP contribution in [0.25, 0.3) is 11.2 Å². The van der Waals surface area contributed by atoms with E-state index in [4.69, 9.17) is 4.98 Å². The number of anilines is 3. The Bertz CT molecular complexity index is 1090. The van der Waals surface area contributed by atoms with E-state index in [-0.39, 0.29) is 12.6 Å². The Morgan fingerprint density at radius 1 is 1.25 bits per heavy atom. The first-order valence-electron chi connectivity index (χ1n) is 9.26. The predicted molar refractivity (Wildman–Crippen MR) is 105 cm³/mol. The van der Waals surface area contributed by atoms with Gasteiger partial charge in [-0.05, 0) is 37.1 Å². The monoisotopic (exact) mass is 376 g/mol. The number of rotatable bonds is 5. The number of hydrogen-bond acceptors (Lipinski definition) is 7. The second-order valence-electron chi connectivity index (χ2n) is 6.77. The van der Waals surface area contributed by atoms with Crippen molar-refractivity contribution in [2.24, 2.45) is 0 Å². The van der Waals surface area contributed by atoms with Gasteiger partial charge in [-0.15, -0.1) is 5.10 Å². The van der Waals surface area contributed by atoms with Crippen molar-refractivity contribution >= 4 is 23.1 Å². The molecule has 9 heteroatoms. The van der Waals surface area contributed by atoms with Crippen molar-refractivity contribution in [3.05, 3.63) is 55.4 Å². The summed E-state index contributed by atoms with van der Waals surface area (Å²) in [5, 5.41) is 17.6. The van der Waals surface area contributed by atoms with Gasteiger partial charge < -0.3 is 19.9 Å². The lowest BCUT2D eigenvalue weighted by Gasteiger charge is -2.23. The lowest BCUT2D eigenvalue weighted by Crippen LogP contribution is -2.34. The Labute approximate surface area is 161 Å². The average molecular weight is 376 g/mol. The number of nitrogens with one attached hydrogen (secondary N) is 1. The standard InChI is InChI=1S/C19H20N8O/c28-12-15-5-2-8-26(15)19-23-18(16-6-3-9-27(16)24-19)22-17-11-25(13-21-17)14-4-1-7-20-10-14/h1,3-4,6-7,9-11,13,15,28H,2,5,8,12H2,(H,22,23,24). The number of aromatic nitrogens is 6. The highest BCUT2D eigenvalue weighted by Gasteiger charge is 2.27. The van der Waals surface area contributed by atoms with E-state index in [1.54, 1.807) is 23.2 Å². The highest BCUT2D eigenvalue weighted by atomic mass is 16.3. The summed E-state index contributed by atoms with van der Waals surface area (Å²) in [6.07, 6.45) is 11.0. The quantitative estimate of drug-likeness (QED) is 0.550. The van der Waals surface area contributed by atoms with E-state index in [9.17, 15) is 5.11 Å². The fourth-order valence-corrected chi connectivity index (χ4v) is 3.58. The Morgan fingerprint density at radius 2 is 2.21 bits per heavy atom. The number of aliphatic hydroxyl groups is 1. The molecule has 4 aromatic rings. The number of nitrogens with zero attached hydrogens (tertiary/aromatic N) is 7. The smallest absolute Gasteiger partial charge is 0.245 e. The number of hydrogen-bond donors (Lipinski definition) is 2. The molecule has 142 valence electrons. The second-order valence-corrected chi connectivity index (χ2v) is 6.77. The molecule has 0 amide bonds. The van der Waals surface area contributed by atoms with Crippen molar-refractivity contribution < 1.29 is 5.11 Å². The molecule has 1 aliphatic heterocycles. The largest absolute Gasteiger partial charge is 0.394 e. The molecule has 2 N–H and O–H groups in total. The average Bonchev–Trinajstić information content (AvgIpc) is 3.48. The van der Waals surface area contributed by atoms with E-state index in [2.05, 4.69) is 25.3 Å². The zero-order chi connectivity index (χ0) is 18.9. The van der Waals surface area contributed by atoms with E-state index in [0.717, 1.165) is 30.6 Å². The van der Waals surface area contributed by atoms with Gasteiger partial charge in [0.1, 0.15) is 17.7 Å². The molecule has 1 atom stereocenters. The van der Waals surface area contributed by atoms with E-state index < -0.39 is 0 Å². The van der Waals surface area contributed by atoms with Crippen LogP contribution in [0.15, 0.2) is 55.4 Å². The predicted octanol–water partition coefficient (Wildman–Crippen LogP) is 2.01. The van der Waals surface area contributed by atoms with Crippen LogP contribution in [0.1, 0.15) is 12.8 Å². The number of pyridine rings is 1. The molecular weight excluding hydrogens is 356 g/mol. The van der Waals surface area contributed by atoms with Gasteiger partial charge in [0, 0.05) is 18.9 Å². The third-order valence-electron chi connectivity index (χ3n) is 5.00. The maximum Gasteiger partial charge on any atom is 0.245 e. The summed E-state index contributed by atoms with van der Waals surface area (Å²) in [5.74, 6) is 1.96. The van der Waals surface area contributed by atoms with Gasteiger partial charge in [-0.1, -0.05) is 0 Å². The van der Waals surface area contributed by atoms with Crippen LogP contribution < -0.4 is 10.2 Å². The number of imidazole rings is 1. The minimum Gasteiger partial charge on any atom is -0.394 e. The van der Waals surface area contributed by atoms with Crippen LogP contribution in [-0.4, -0.2) is 53.4 Å². The van der Waals surface area contributed by atoms with Crippen molar-refractivity contribution in [1.29, 1.82) is 0 Å². The van der Waals surface area contributed by atoms with Crippen LogP contribution in [0.4, 0.5) is 17.6 Å². The Balaban J connectivity index is 1.49. The maximum atomic E-state index is 9.65. The van der Waals surface area contributed by atoms with Crippen molar-refractivity contribution in [3.63, 3.8) is 0 Å². The second kappa shape index (κ2) is 6.93. The third kappa shape index (κ3) is 2.95. The molecule has 0 spiro atoms. The molecule has 1 unspecified atom stereocenters. The van der Waals surface area contributed by atoms with Gasteiger partial charge in [0.15, 0.2) is 5.82 Å². The molecule has 0 saturated carbocycles. The lowest BCUT2D eigenvalue weighted by molar-refractivity contribution is 0.265. The van der Waals surface area contributed by atoms with Crippen LogP contribution in [0.5, 0.6) is 0 Å². The minimum absolute atomic E-state index is 0.0608. The molecule has 0 bridgehead atoms. The van der Waals surface area contributed by atoms with Crippen LogP contribution in [0, 0.1) is 0 Å². The first kappa shape index (κ1) is 16.7. The minimum atomic E-state index is 0.0608. The normalized spacial score (nSPS) is 16.8. The molecule has 1 fully saturated rings. The van der Waals surface area contributed by atoms with E-state index in [1.807, 2.05) is 41.2 Å². The lowest BCUT2D eigenvalue weighted by atomic mass is 10.2. The number of fused-ring (bicyclic) bond motifs is 1. The van der Waals surface area contributed by atoms with E-state index in [1.165, 1.54) is 0 Å². The first-order valence-corrected chi connectivity index (χ1v) is 9.26. The van der Waals surface area contributed by atoms with Gasteiger partial charge in [0.2, 0.25) is 5.95 Å². The van der Waals surface area contributed by atoms with E-state index >= 15 is 0 Å². The molecule has 0 radical (unpaired) electrons. The molecule has 5 heterocycles. The van der Waals surface area contributed by atoms with Gasteiger partial charge in [-0.2, -0.15) is 4.98 Å². The Kier molecular flexibility index (Phi) is 4.13. The molecule has 4 aromatic heterocycles. The summed E-state index contributed by atoms with van der Waals surface area (Å²) in [5.41, 5.74) is 1.79. The summed E-state index contributed by atoms with van der Waals surface area (Å²) >= 11 is 0. The van der Waals surface area contributed by atoms with Gasteiger partial charge in [0.25, 0.3) is 0 Å². The van der Waals surface area contributed by atoms with Crippen molar-refractivity contribution in [2.45, 2.75) is 18.9 Å². The van der Waals surface area contributed by atoms with Crippen molar-refractivity contribution in [2.75, 3.05) is 23.4 Å². The molecular formula is C19H20N8O. The summed E-state index contributed by atoms with van der Waals surface area (Å²) in [6, 6.07) is 7.80. The van der Waals surface area contributed by atoms with Gasteiger partial charge >= 0.3 is 0 Å². The fraction of sp³-hybridized carbons (Fsp3) is 0.263. The molecule has 9 nitrogen and oxygen atoms in total. The zero-order valence-electron chi connectivity index (χ0n) is 15.2. The van der Waals surface area contributed by atoms with Gasteiger partial charge in [-0.3, -0.25) is 4.98 Å². The first-order chi connectivity index (χ1) is 13.8. The fourth-order valence-electron chi connectivity index (χ4n) is 3.58. The Morgan fingerprint density at radius 3 is 3.07 bits per heavy atom. The van der Waals surface area contributed by atoms with Crippen LogP contribution in [0.3, 0.4) is 0 Å². The molecule has 0 aromatic carbocycles. The highest BCUT2D eigenvalue weighted by molar-refractivity contribution is 5.73.